The Hall–Kier alpha value is -1.74. The fourth-order valence-electron chi connectivity index (χ4n) is 5.32. The van der Waals surface area contributed by atoms with E-state index in [2.05, 4.69) is 60.0 Å². The van der Waals surface area contributed by atoms with Crippen molar-refractivity contribution in [1.82, 2.24) is 4.98 Å². The number of rotatable bonds is 2. The van der Waals surface area contributed by atoms with Crippen LogP contribution in [0.2, 0.25) is 0 Å². The van der Waals surface area contributed by atoms with Crippen LogP contribution >= 0.6 is 12.2 Å². The van der Waals surface area contributed by atoms with Crippen molar-refractivity contribution in [3.63, 3.8) is 0 Å². The lowest BCUT2D eigenvalue weighted by Crippen LogP contribution is -2.55. The smallest absolute Gasteiger partial charge is 0.0787 e. The Labute approximate surface area is 153 Å². The molecule has 25 heavy (non-hydrogen) atoms. The Morgan fingerprint density at radius 2 is 2.16 bits per heavy atom. The summed E-state index contributed by atoms with van der Waals surface area (Å²) in [6.07, 6.45) is 4.20. The molecule has 0 amide bonds. The summed E-state index contributed by atoms with van der Waals surface area (Å²) in [5.74, 6) is 0.460. The lowest BCUT2D eigenvalue weighted by Gasteiger charge is -2.55. The predicted octanol–water partition coefficient (Wildman–Crippen LogP) is 4.59. The number of isothiocyanates is 1. The van der Waals surface area contributed by atoms with Crippen molar-refractivity contribution in [2.45, 2.75) is 50.7 Å². The molecule has 0 spiro atoms. The number of hydrogen-bond donors (Lipinski definition) is 2. The van der Waals surface area contributed by atoms with Crippen LogP contribution in [-0.4, -0.2) is 27.4 Å². The van der Waals surface area contributed by atoms with Gasteiger partial charge in [-0.25, -0.2) is 4.99 Å². The number of hydrogen-bond acceptors (Lipinski definition) is 3. The topological polar surface area (TPSA) is 48.4 Å². The maximum atomic E-state index is 11.0. The molecule has 2 N–H and O–H groups in total. The van der Waals surface area contributed by atoms with Crippen LogP contribution < -0.4 is 0 Å². The van der Waals surface area contributed by atoms with Crippen LogP contribution in [0.25, 0.3) is 10.9 Å². The molecule has 1 heterocycles. The van der Waals surface area contributed by atoms with E-state index in [1.807, 2.05) is 13.0 Å². The van der Waals surface area contributed by atoms with Crippen molar-refractivity contribution in [3.8, 4) is 0 Å². The summed E-state index contributed by atoms with van der Waals surface area (Å²) < 4.78 is 0. The maximum absolute atomic E-state index is 11.0. The summed E-state index contributed by atoms with van der Waals surface area (Å²) in [6, 6.07) is 6.30. The molecule has 3 nitrogen and oxygen atoms in total. The minimum atomic E-state index is -0.515. The molecule has 1 saturated carbocycles. The lowest BCUT2D eigenvalue weighted by molar-refractivity contribution is -0.0324. The number of aromatic nitrogens is 1. The van der Waals surface area contributed by atoms with E-state index in [4.69, 9.17) is 12.2 Å². The molecular weight excluding hydrogens is 328 g/mol. The molecule has 1 aromatic carbocycles. The zero-order valence-electron chi connectivity index (χ0n) is 14.9. The highest BCUT2D eigenvalue weighted by Crippen LogP contribution is 2.59. The van der Waals surface area contributed by atoms with E-state index >= 15 is 0 Å². The monoisotopic (exact) mass is 352 g/mol. The predicted molar refractivity (Wildman–Crippen MR) is 105 cm³/mol. The molecule has 2 aromatic rings. The van der Waals surface area contributed by atoms with E-state index in [1.165, 1.54) is 16.5 Å². The van der Waals surface area contributed by atoms with Crippen LogP contribution in [0, 0.1) is 11.3 Å². The zero-order chi connectivity index (χ0) is 18.0. The van der Waals surface area contributed by atoms with E-state index in [1.54, 1.807) is 0 Å². The fraction of sp³-hybridized carbons (Fsp3) is 0.476. The molecule has 0 aliphatic heterocycles. The highest BCUT2D eigenvalue weighted by molar-refractivity contribution is 7.78. The van der Waals surface area contributed by atoms with Crippen molar-refractivity contribution in [3.05, 3.63) is 48.2 Å². The second-order valence-corrected chi connectivity index (χ2v) is 8.50. The van der Waals surface area contributed by atoms with Crippen molar-refractivity contribution >= 4 is 28.3 Å². The van der Waals surface area contributed by atoms with Crippen molar-refractivity contribution in [2.24, 2.45) is 16.3 Å². The quantitative estimate of drug-likeness (QED) is 0.472. The van der Waals surface area contributed by atoms with Gasteiger partial charge < -0.3 is 10.1 Å². The third kappa shape index (κ3) is 2.02. The number of thiocarbonyl (C=S) groups is 1. The standard InChI is InChI=1S/C21H24N2OS/c1-5-21(4)16(24)9-14-18(19(21)23-11-25)12-10-22-15-8-6-7-13(17(12)15)20(14,2)3/h5-8,10,14,16,18-19,22,24H,1,9H2,2-4H3/t14-,16+,18-,19+,21-/m0/s1. The van der Waals surface area contributed by atoms with Crippen LogP contribution in [0.3, 0.4) is 0 Å². The normalized spacial score (nSPS) is 35.7. The van der Waals surface area contributed by atoms with Gasteiger partial charge in [0.25, 0.3) is 0 Å². The van der Waals surface area contributed by atoms with Crippen LogP contribution in [-0.2, 0) is 5.41 Å². The number of benzene rings is 1. The number of nitrogens with zero attached hydrogens (tertiary/aromatic N) is 1. The molecule has 0 bridgehead atoms. The summed E-state index contributed by atoms with van der Waals surface area (Å²) in [6.45, 7) is 10.6. The summed E-state index contributed by atoms with van der Waals surface area (Å²) >= 11 is 4.97. The lowest BCUT2D eigenvalue weighted by atomic mass is 9.50. The minimum Gasteiger partial charge on any atom is -0.392 e. The molecule has 130 valence electrons. The minimum absolute atomic E-state index is 0.0575. The summed E-state index contributed by atoms with van der Waals surface area (Å²) in [7, 11) is 0. The van der Waals surface area contributed by atoms with Crippen LogP contribution in [0.1, 0.15) is 44.2 Å². The Morgan fingerprint density at radius 1 is 1.40 bits per heavy atom. The second-order valence-electron chi connectivity index (χ2n) is 8.31. The Bertz CT molecular complexity index is 908. The average Bonchev–Trinajstić information content (AvgIpc) is 3.01. The van der Waals surface area contributed by atoms with Gasteiger partial charge in [0.15, 0.2) is 0 Å². The maximum Gasteiger partial charge on any atom is 0.0787 e. The molecule has 5 atom stereocenters. The molecular formula is C21H24N2OS. The zero-order valence-corrected chi connectivity index (χ0v) is 15.7. The van der Waals surface area contributed by atoms with Crippen molar-refractivity contribution in [2.75, 3.05) is 0 Å². The molecule has 2 aliphatic rings. The molecule has 1 aromatic heterocycles. The highest BCUT2D eigenvalue weighted by atomic mass is 32.1. The van der Waals surface area contributed by atoms with Crippen LogP contribution in [0.15, 0.2) is 42.0 Å². The number of aromatic amines is 1. The van der Waals surface area contributed by atoms with Crippen LogP contribution in [0.4, 0.5) is 0 Å². The van der Waals surface area contributed by atoms with Gasteiger partial charge in [-0.1, -0.05) is 39.0 Å². The first-order chi connectivity index (χ1) is 11.9. The Kier molecular flexibility index (Phi) is 3.59. The summed E-state index contributed by atoms with van der Waals surface area (Å²) in [4.78, 5) is 8.00. The Morgan fingerprint density at radius 3 is 2.84 bits per heavy atom. The first-order valence-corrected chi connectivity index (χ1v) is 9.26. The number of aliphatic imine (C=N–C) groups is 1. The SMILES string of the molecule is C=C[C@@]1(C)[C@H](O)C[C@H]2[C@H](c3c[nH]c4cccc(c34)C2(C)C)[C@H]1N=C=S. The van der Waals surface area contributed by atoms with Gasteiger partial charge in [-0.2, -0.15) is 0 Å². The van der Waals surface area contributed by atoms with Gasteiger partial charge in [-0.05, 0) is 47.2 Å². The third-order valence-corrected chi connectivity index (χ3v) is 7.06. The van der Waals surface area contributed by atoms with Crippen molar-refractivity contribution < 1.29 is 5.11 Å². The van der Waals surface area contributed by atoms with E-state index in [0.29, 0.717) is 0 Å². The first-order valence-electron chi connectivity index (χ1n) is 8.85. The van der Waals surface area contributed by atoms with Gasteiger partial charge >= 0.3 is 0 Å². The van der Waals surface area contributed by atoms with Crippen molar-refractivity contribution in [1.29, 1.82) is 0 Å². The summed E-state index contributed by atoms with van der Waals surface area (Å²) in [5.41, 5.74) is 3.23. The largest absolute Gasteiger partial charge is 0.392 e. The molecule has 1 fully saturated rings. The van der Waals surface area contributed by atoms with Gasteiger partial charge in [-0.15, -0.1) is 6.58 Å². The second kappa shape index (κ2) is 5.38. The molecule has 2 aliphatic carbocycles. The fourth-order valence-corrected chi connectivity index (χ4v) is 5.43. The molecule has 4 heteroatoms. The van der Waals surface area contributed by atoms with Gasteiger partial charge in [-0.3, -0.25) is 0 Å². The third-order valence-electron chi connectivity index (χ3n) is 6.95. The van der Waals surface area contributed by atoms with Gasteiger partial charge in [0, 0.05) is 28.4 Å². The first kappa shape index (κ1) is 16.7. The average molecular weight is 353 g/mol. The van der Waals surface area contributed by atoms with E-state index in [-0.39, 0.29) is 23.3 Å². The van der Waals surface area contributed by atoms with E-state index in [0.717, 1.165) is 11.9 Å². The molecule has 4 rings (SSSR count). The highest BCUT2D eigenvalue weighted by Gasteiger charge is 2.57. The number of aliphatic hydroxyl groups excluding tert-OH is 1. The number of fused-ring (bicyclic) bond motifs is 2. The van der Waals surface area contributed by atoms with E-state index in [9.17, 15) is 5.11 Å². The number of nitrogens with one attached hydrogen (secondary N) is 1. The summed E-state index contributed by atoms with van der Waals surface area (Å²) in [5, 5.41) is 14.9. The van der Waals surface area contributed by atoms with Gasteiger partial charge in [0.05, 0.1) is 17.3 Å². The van der Waals surface area contributed by atoms with Crippen LogP contribution in [0.5, 0.6) is 0 Å². The molecule has 0 radical (unpaired) electrons. The van der Waals surface area contributed by atoms with E-state index < -0.39 is 11.5 Å². The molecule has 0 unspecified atom stereocenters. The Balaban J connectivity index is 2.04. The number of aliphatic hydroxyl groups is 1. The molecule has 0 saturated heterocycles. The van der Waals surface area contributed by atoms with Gasteiger partial charge in [0.1, 0.15) is 0 Å². The number of H-pyrrole nitrogens is 1. The van der Waals surface area contributed by atoms with Gasteiger partial charge in [0.2, 0.25) is 0 Å².